The second kappa shape index (κ2) is 10.8. The van der Waals surface area contributed by atoms with Crippen LogP contribution in [0, 0.1) is 0 Å². The summed E-state index contributed by atoms with van der Waals surface area (Å²) >= 11 is 5.92. The minimum atomic E-state index is -0.533. The normalized spacial score (nSPS) is 14.0. The van der Waals surface area contributed by atoms with Gasteiger partial charge in [0.2, 0.25) is 5.90 Å². The van der Waals surface area contributed by atoms with Crippen LogP contribution in [0.3, 0.4) is 0 Å². The molecule has 0 atom stereocenters. The number of hydrogen-bond acceptors (Lipinski definition) is 6. The predicted molar refractivity (Wildman–Crippen MR) is 130 cm³/mol. The van der Waals surface area contributed by atoms with Crippen molar-refractivity contribution in [2.75, 3.05) is 6.61 Å². The van der Waals surface area contributed by atoms with Gasteiger partial charge in [0.25, 0.3) is 0 Å². The van der Waals surface area contributed by atoms with Crippen LogP contribution in [0.15, 0.2) is 83.5 Å². The van der Waals surface area contributed by atoms with E-state index in [1.54, 1.807) is 60.7 Å². The van der Waals surface area contributed by atoms with Crippen LogP contribution in [0.4, 0.5) is 0 Å². The van der Waals surface area contributed by atoms with E-state index in [0.29, 0.717) is 34.1 Å². The average molecular weight is 476 g/mol. The summed E-state index contributed by atoms with van der Waals surface area (Å²) in [5.41, 5.74) is 1.93. The molecule has 0 saturated carbocycles. The van der Waals surface area contributed by atoms with Crippen molar-refractivity contribution >= 4 is 35.5 Å². The van der Waals surface area contributed by atoms with Gasteiger partial charge in [0.15, 0.2) is 5.70 Å². The molecule has 1 aliphatic heterocycles. The van der Waals surface area contributed by atoms with E-state index in [4.69, 9.17) is 25.8 Å². The predicted octanol–water partition coefficient (Wildman–Crippen LogP) is 6.08. The number of ether oxygens (including phenoxy) is 3. The van der Waals surface area contributed by atoms with Crippen molar-refractivity contribution in [3.63, 3.8) is 0 Å². The number of rotatable bonds is 8. The molecular weight excluding hydrogens is 454 g/mol. The van der Waals surface area contributed by atoms with Gasteiger partial charge >= 0.3 is 11.9 Å². The van der Waals surface area contributed by atoms with Gasteiger partial charge in [0, 0.05) is 10.6 Å². The Labute approximate surface area is 202 Å². The van der Waals surface area contributed by atoms with E-state index in [1.165, 1.54) is 6.07 Å². The summed E-state index contributed by atoms with van der Waals surface area (Å²) in [4.78, 5) is 28.9. The molecular formula is C27H22ClNO5. The maximum atomic E-state index is 12.3. The van der Waals surface area contributed by atoms with Crippen LogP contribution in [-0.4, -0.2) is 24.4 Å². The molecule has 0 amide bonds. The lowest BCUT2D eigenvalue weighted by Crippen LogP contribution is -2.08. The molecule has 3 aromatic rings. The van der Waals surface area contributed by atoms with Gasteiger partial charge in [-0.2, -0.15) is 0 Å². The van der Waals surface area contributed by atoms with Gasteiger partial charge in [-0.25, -0.2) is 14.6 Å². The first-order valence-corrected chi connectivity index (χ1v) is 11.2. The number of aliphatic imine (C=N–C) groups is 1. The number of cyclic esters (lactones) is 1. The number of nitrogens with zero attached hydrogens (tertiary/aromatic N) is 1. The number of benzene rings is 3. The first kappa shape index (κ1) is 23.3. The van der Waals surface area contributed by atoms with Crippen molar-refractivity contribution in [1.29, 1.82) is 0 Å². The Hall–Kier alpha value is -3.90. The number of unbranched alkanes of at least 4 members (excludes halogenated alkanes) is 1. The summed E-state index contributed by atoms with van der Waals surface area (Å²) in [6.07, 6.45) is 3.67. The largest absolute Gasteiger partial charge is 0.494 e. The Morgan fingerprint density at radius 3 is 2.47 bits per heavy atom. The second-order valence-electron chi connectivity index (χ2n) is 7.53. The van der Waals surface area contributed by atoms with Crippen LogP contribution in [0.1, 0.15) is 41.3 Å². The minimum absolute atomic E-state index is 0.182. The molecule has 7 heteroatoms. The van der Waals surface area contributed by atoms with Crippen molar-refractivity contribution < 1.29 is 23.8 Å². The Morgan fingerprint density at radius 2 is 1.76 bits per heavy atom. The minimum Gasteiger partial charge on any atom is -0.494 e. The van der Waals surface area contributed by atoms with Crippen LogP contribution in [0.2, 0.25) is 5.02 Å². The maximum Gasteiger partial charge on any atom is 0.363 e. The highest BCUT2D eigenvalue weighted by molar-refractivity contribution is 6.30. The fraction of sp³-hybridized carbons (Fsp3) is 0.148. The van der Waals surface area contributed by atoms with E-state index in [-0.39, 0.29) is 11.6 Å². The topological polar surface area (TPSA) is 74.2 Å². The molecule has 1 aliphatic rings. The van der Waals surface area contributed by atoms with Crippen LogP contribution in [0.25, 0.3) is 6.08 Å². The Bertz CT molecular complexity index is 1250. The van der Waals surface area contributed by atoms with Crippen LogP contribution in [-0.2, 0) is 9.53 Å². The number of hydrogen-bond donors (Lipinski definition) is 0. The smallest absolute Gasteiger partial charge is 0.363 e. The summed E-state index contributed by atoms with van der Waals surface area (Å²) < 4.78 is 16.3. The summed E-state index contributed by atoms with van der Waals surface area (Å²) in [6.45, 7) is 2.77. The zero-order valence-electron chi connectivity index (χ0n) is 18.5. The van der Waals surface area contributed by atoms with E-state index in [0.717, 1.165) is 18.6 Å². The van der Waals surface area contributed by atoms with Gasteiger partial charge < -0.3 is 14.2 Å². The Balaban J connectivity index is 1.42. The van der Waals surface area contributed by atoms with Crippen LogP contribution >= 0.6 is 11.6 Å². The number of carbonyl (C=O) groups excluding carboxylic acids is 2. The van der Waals surface area contributed by atoms with E-state index >= 15 is 0 Å². The zero-order valence-corrected chi connectivity index (χ0v) is 19.2. The SMILES string of the molecule is CCCCOc1ccc(C2=N/C(=C\c3ccc(OC(=O)c4cccc(Cl)c4)cc3)C(=O)O2)cc1. The molecule has 0 radical (unpaired) electrons. The molecule has 0 saturated heterocycles. The van der Waals surface area contributed by atoms with Crippen LogP contribution < -0.4 is 9.47 Å². The van der Waals surface area contributed by atoms with Gasteiger partial charge in [-0.15, -0.1) is 0 Å². The lowest BCUT2D eigenvalue weighted by atomic mass is 10.2. The molecule has 0 fully saturated rings. The molecule has 172 valence electrons. The zero-order chi connectivity index (χ0) is 23.9. The third kappa shape index (κ3) is 5.91. The Kier molecular flexibility index (Phi) is 7.40. The van der Waals surface area contributed by atoms with Gasteiger partial charge in [-0.3, -0.25) is 0 Å². The van der Waals surface area contributed by atoms with Crippen molar-refractivity contribution in [3.05, 3.63) is 100 Å². The highest BCUT2D eigenvalue weighted by atomic mass is 35.5. The molecule has 6 nitrogen and oxygen atoms in total. The van der Waals surface area contributed by atoms with Crippen molar-refractivity contribution in [1.82, 2.24) is 0 Å². The van der Waals surface area contributed by atoms with E-state index < -0.39 is 11.9 Å². The maximum absolute atomic E-state index is 12.3. The average Bonchev–Trinajstić information content (AvgIpc) is 3.21. The van der Waals surface area contributed by atoms with Crippen molar-refractivity contribution in [2.24, 2.45) is 4.99 Å². The van der Waals surface area contributed by atoms with Crippen molar-refractivity contribution in [3.8, 4) is 11.5 Å². The van der Waals surface area contributed by atoms with Gasteiger partial charge in [0.05, 0.1) is 12.2 Å². The van der Waals surface area contributed by atoms with E-state index in [9.17, 15) is 9.59 Å². The molecule has 4 rings (SSSR count). The molecule has 0 aromatic heterocycles. The molecule has 34 heavy (non-hydrogen) atoms. The quantitative estimate of drug-likeness (QED) is 0.171. The lowest BCUT2D eigenvalue weighted by molar-refractivity contribution is -0.129. The molecule has 1 heterocycles. The molecule has 0 unspecified atom stereocenters. The highest BCUT2D eigenvalue weighted by Crippen LogP contribution is 2.22. The molecule has 0 N–H and O–H groups in total. The fourth-order valence-electron chi connectivity index (χ4n) is 3.13. The number of carbonyl (C=O) groups is 2. The van der Waals surface area contributed by atoms with Gasteiger partial charge in [-0.05, 0) is 72.7 Å². The first-order valence-electron chi connectivity index (χ1n) is 10.9. The summed E-state index contributed by atoms with van der Waals surface area (Å²) in [7, 11) is 0. The number of esters is 2. The Morgan fingerprint density at radius 1 is 1.03 bits per heavy atom. The molecule has 0 aliphatic carbocycles. The first-order chi connectivity index (χ1) is 16.5. The third-order valence-electron chi connectivity index (χ3n) is 4.94. The summed E-state index contributed by atoms with van der Waals surface area (Å²) in [6, 6.07) is 20.5. The summed E-state index contributed by atoms with van der Waals surface area (Å²) in [5.74, 6) is 0.322. The monoisotopic (exact) mass is 475 g/mol. The number of halogens is 1. The van der Waals surface area contributed by atoms with Crippen LogP contribution in [0.5, 0.6) is 11.5 Å². The second-order valence-corrected chi connectivity index (χ2v) is 7.97. The summed E-state index contributed by atoms with van der Waals surface area (Å²) in [5, 5.41) is 0.455. The van der Waals surface area contributed by atoms with Crippen molar-refractivity contribution in [2.45, 2.75) is 19.8 Å². The van der Waals surface area contributed by atoms with Gasteiger partial charge in [-0.1, -0.05) is 43.1 Å². The molecule has 0 bridgehead atoms. The standard InChI is InChI=1S/C27H22ClNO5/c1-2-3-15-32-22-13-9-19(10-14-22)25-29-24(27(31)34-25)16-18-7-11-23(12-8-18)33-26(30)20-5-4-6-21(28)17-20/h4-14,16-17H,2-3,15H2,1H3/b24-16-. The van der Waals surface area contributed by atoms with Gasteiger partial charge in [0.1, 0.15) is 11.5 Å². The molecule has 3 aromatic carbocycles. The van der Waals surface area contributed by atoms with E-state index in [1.807, 2.05) is 12.1 Å². The lowest BCUT2D eigenvalue weighted by Gasteiger charge is -2.05. The fourth-order valence-corrected chi connectivity index (χ4v) is 3.32. The third-order valence-corrected chi connectivity index (χ3v) is 5.18. The molecule has 0 spiro atoms. The van der Waals surface area contributed by atoms with E-state index in [2.05, 4.69) is 11.9 Å². The highest BCUT2D eigenvalue weighted by Gasteiger charge is 2.24.